The first-order chi connectivity index (χ1) is 15.2. The summed E-state index contributed by atoms with van der Waals surface area (Å²) in [5, 5.41) is 0.948. The van der Waals surface area contributed by atoms with Gasteiger partial charge in [0.25, 0.3) is 5.91 Å². The number of hydrogen-bond donors (Lipinski definition) is 2. The number of amides is 2. The van der Waals surface area contributed by atoms with Crippen LogP contribution in [0.2, 0.25) is 0 Å². The molecular formula is C23H21N3O4S. The number of ether oxygens (including phenoxy) is 2. The molecule has 8 heteroatoms. The predicted octanol–water partition coefficient (Wildman–Crippen LogP) is 3.58. The van der Waals surface area contributed by atoms with Crippen molar-refractivity contribution in [1.82, 2.24) is 15.8 Å². The smallest absolute Gasteiger partial charge is 0.269 e. The van der Waals surface area contributed by atoms with Gasteiger partial charge in [0.05, 0.1) is 21.1 Å². The quantitative estimate of drug-likeness (QED) is 0.485. The fourth-order valence-electron chi connectivity index (χ4n) is 3.89. The molecule has 2 atom stereocenters. The lowest BCUT2D eigenvalue weighted by molar-refractivity contribution is -0.126. The van der Waals surface area contributed by atoms with Crippen molar-refractivity contribution in [3.8, 4) is 11.5 Å². The van der Waals surface area contributed by atoms with Crippen LogP contribution in [0.15, 0.2) is 54.6 Å². The Balaban J connectivity index is 1.27. The number of hydrogen-bond acceptors (Lipinski definition) is 6. The molecule has 0 saturated heterocycles. The lowest BCUT2D eigenvalue weighted by Crippen LogP contribution is -2.46. The molecule has 2 heterocycles. The van der Waals surface area contributed by atoms with E-state index in [1.165, 1.54) is 0 Å². The first kappa shape index (κ1) is 19.6. The summed E-state index contributed by atoms with van der Waals surface area (Å²) in [5.41, 5.74) is 6.45. The molecule has 2 aliphatic rings. The number of rotatable bonds is 3. The van der Waals surface area contributed by atoms with Gasteiger partial charge in [0, 0.05) is 11.5 Å². The molecule has 1 aromatic heterocycles. The average molecular weight is 436 g/mol. The number of para-hydroxylation sites is 1. The summed E-state index contributed by atoms with van der Waals surface area (Å²) < 4.78 is 12.1. The van der Waals surface area contributed by atoms with Crippen molar-refractivity contribution in [1.29, 1.82) is 0 Å². The highest BCUT2D eigenvalue weighted by atomic mass is 32.1. The first-order valence-corrected chi connectivity index (χ1v) is 11.0. The number of benzene rings is 2. The van der Waals surface area contributed by atoms with E-state index in [1.807, 2.05) is 30.3 Å². The topological polar surface area (TPSA) is 89.6 Å². The van der Waals surface area contributed by atoms with Gasteiger partial charge in [-0.2, -0.15) is 0 Å². The van der Waals surface area contributed by atoms with E-state index in [1.54, 1.807) is 29.5 Å². The molecule has 2 N–H and O–H groups in total. The average Bonchev–Trinajstić information content (AvgIpc) is 3.26. The fourth-order valence-corrected chi connectivity index (χ4v) is 5.04. The molecule has 31 heavy (non-hydrogen) atoms. The van der Waals surface area contributed by atoms with Crippen molar-refractivity contribution in [3.63, 3.8) is 0 Å². The Morgan fingerprint density at radius 3 is 2.65 bits per heavy atom. The normalized spacial score (nSPS) is 19.7. The maximum Gasteiger partial charge on any atom is 0.269 e. The highest BCUT2D eigenvalue weighted by molar-refractivity contribution is 7.18. The van der Waals surface area contributed by atoms with Crippen LogP contribution in [-0.2, 0) is 4.79 Å². The van der Waals surface area contributed by atoms with Crippen molar-refractivity contribution in [2.45, 2.75) is 18.8 Å². The van der Waals surface area contributed by atoms with E-state index in [2.05, 4.69) is 16.9 Å². The van der Waals surface area contributed by atoms with E-state index in [4.69, 9.17) is 14.5 Å². The summed E-state index contributed by atoms with van der Waals surface area (Å²) >= 11 is 1.62. The van der Waals surface area contributed by atoms with Gasteiger partial charge in [0.1, 0.15) is 13.2 Å². The van der Waals surface area contributed by atoms with Crippen molar-refractivity contribution in [2.24, 2.45) is 5.92 Å². The van der Waals surface area contributed by atoms with Crippen molar-refractivity contribution in [2.75, 3.05) is 13.2 Å². The van der Waals surface area contributed by atoms with E-state index in [9.17, 15) is 9.59 Å². The van der Waals surface area contributed by atoms with Gasteiger partial charge in [0.2, 0.25) is 5.91 Å². The van der Waals surface area contributed by atoms with Gasteiger partial charge in [-0.25, -0.2) is 4.98 Å². The zero-order chi connectivity index (χ0) is 21.2. The van der Waals surface area contributed by atoms with Gasteiger partial charge in [-0.1, -0.05) is 24.3 Å². The molecular weight excluding hydrogens is 414 g/mol. The minimum atomic E-state index is -0.409. The Morgan fingerprint density at radius 1 is 0.968 bits per heavy atom. The van der Waals surface area contributed by atoms with Gasteiger partial charge in [-0.15, -0.1) is 11.3 Å². The minimum Gasteiger partial charge on any atom is -0.486 e. The Bertz CT molecular complexity index is 1140. The number of fused-ring (bicyclic) bond motifs is 2. The third-order valence-corrected chi connectivity index (χ3v) is 6.67. The molecule has 0 saturated carbocycles. The molecule has 0 spiro atoms. The second kappa shape index (κ2) is 8.39. The Morgan fingerprint density at radius 2 is 1.77 bits per heavy atom. The number of thiazole rings is 1. The molecule has 0 radical (unpaired) electrons. The minimum absolute atomic E-state index is 0.0198. The van der Waals surface area contributed by atoms with Gasteiger partial charge in [0.15, 0.2) is 11.5 Å². The number of carbonyl (C=O) groups is 2. The lowest BCUT2D eigenvalue weighted by atomic mass is 9.83. The molecule has 0 bridgehead atoms. The van der Waals surface area contributed by atoms with Crippen LogP contribution in [0.3, 0.4) is 0 Å². The van der Waals surface area contributed by atoms with E-state index < -0.39 is 5.91 Å². The maximum absolute atomic E-state index is 12.9. The number of nitrogens with zero attached hydrogens (tertiary/aromatic N) is 1. The third-order valence-electron chi connectivity index (χ3n) is 5.50. The van der Waals surface area contributed by atoms with Gasteiger partial charge < -0.3 is 9.47 Å². The van der Waals surface area contributed by atoms with Crippen LogP contribution in [0, 0.1) is 5.92 Å². The van der Waals surface area contributed by atoms with E-state index in [0.717, 1.165) is 21.6 Å². The second-order valence-electron chi connectivity index (χ2n) is 7.48. The van der Waals surface area contributed by atoms with Crippen LogP contribution in [0.25, 0.3) is 10.2 Å². The highest BCUT2D eigenvalue weighted by Crippen LogP contribution is 2.38. The monoisotopic (exact) mass is 435 g/mol. The first-order valence-electron chi connectivity index (χ1n) is 10.2. The van der Waals surface area contributed by atoms with Crippen molar-refractivity contribution in [3.05, 3.63) is 65.2 Å². The molecule has 7 nitrogen and oxygen atoms in total. The molecule has 2 unspecified atom stereocenters. The molecule has 1 aliphatic heterocycles. The van der Waals surface area contributed by atoms with Crippen LogP contribution in [0.1, 0.15) is 34.1 Å². The van der Waals surface area contributed by atoms with Gasteiger partial charge in [-0.3, -0.25) is 20.4 Å². The van der Waals surface area contributed by atoms with Gasteiger partial charge in [-0.05, 0) is 43.2 Å². The molecule has 2 amide bonds. The summed E-state index contributed by atoms with van der Waals surface area (Å²) in [6, 6.07) is 12.9. The molecule has 3 aromatic rings. The number of hydrazine groups is 1. The Labute approximate surface area is 183 Å². The summed E-state index contributed by atoms with van der Waals surface area (Å²) in [6.45, 7) is 0.928. The Kier molecular flexibility index (Phi) is 5.30. The van der Waals surface area contributed by atoms with E-state index in [-0.39, 0.29) is 17.7 Å². The number of nitrogens with one attached hydrogen (secondary N) is 2. The number of allylic oxidation sites excluding steroid dienone is 2. The molecule has 1 aliphatic carbocycles. The number of aromatic nitrogens is 1. The molecule has 0 fully saturated rings. The van der Waals surface area contributed by atoms with Gasteiger partial charge >= 0.3 is 0 Å². The second-order valence-corrected chi connectivity index (χ2v) is 8.54. The molecule has 158 valence electrons. The van der Waals surface area contributed by atoms with E-state index >= 15 is 0 Å². The SMILES string of the molecule is O=C(NNC(=O)C1CC=CCC1c1nc2ccccc2s1)c1ccc2c(c1)OCCO2. The lowest BCUT2D eigenvalue weighted by Gasteiger charge is -2.26. The highest BCUT2D eigenvalue weighted by Gasteiger charge is 2.32. The Hall–Kier alpha value is -3.39. The van der Waals surface area contributed by atoms with E-state index in [0.29, 0.717) is 36.7 Å². The van der Waals surface area contributed by atoms with Crippen LogP contribution in [-0.4, -0.2) is 30.0 Å². The summed E-state index contributed by atoms with van der Waals surface area (Å²) in [5.74, 6) is 0.186. The fraction of sp³-hybridized carbons (Fsp3) is 0.261. The molecule has 2 aromatic carbocycles. The summed E-state index contributed by atoms with van der Waals surface area (Å²) in [6.07, 6.45) is 5.45. The van der Waals surface area contributed by atoms with Crippen molar-refractivity contribution < 1.29 is 19.1 Å². The summed E-state index contributed by atoms with van der Waals surface area (Å²) in [7, 11) is 0. The van der Waals surface area contributed by atoms with Crippen LogP contribution in [0.5, 0.6) is 11.5 Å². The van der Waals surface area contributed by atoms with Crippen LogP contribution in [0.4, 0.5) is 0 Å². The van der Waals surface area contributed by atoms with Crippen LogP contribution >= 0.6 is 11.3 Å². The molecule has 5 rings (SSSR count). The largest absolute Gasteiger partial charge is 0.486 e. The maximum atomic E-state index is 12.9. The predicted molar refractivity (Wildman–Crippen MR) is 117 cm³/mol. The van der Waals surface area contributed by atoms with Crippen molar-refractivity contribution >= 4 is 33.4 Å². The third kappa shape index (κ3) is 3.98. The van der Waals surface area contributed by atoms with Crippen LogP contribution < -0.4 is 20.3 Å². The standard InChI is InChI=1S/C23H21N3O4S/c27-21(14-9-10-18-19(13-14)30-12-11-29-18)25-26-22(28)15-5-1-2-6-16(15)23-24-17-7-3-4-8-20(17)31-23/h1-4,7-10,13,15-16H,5-6,11-12H2,(H,25,27)(H,26,28). The number of carbonyl (C=O) groups excluding carboxylic acids is 2. The zero-order valence-electron chi connectivity index (χ0n) is 16.7. The zero-order valence-corrected chi connectivity index (χ0v) is 17.5. The summed E-state index contributed by atoms with van der Waals surface area (Å²) in [4.78, 5) is 30.2.